The van der Waals surface area contributed by atoms with Crippen LogP contribution in [-0.4, -0.2) is 64.6 Å². The van der Waals surface area contributed by atoms with Crippen molar-refractivity contribution in [2.45, 2.75) is 32.2 Å². The van der Waals surface area contributed by atoms with Crippen LogP contribution in [0, 0.1) is 24.2 Å². The number of likely N-dealkylation sites (tertiary alicyclic amines) is 1. The van der Waals surface area contributed by atoms with Gasteiger partial charge in [0.15, 0.2) is 5.65 Å². The Kier molecular flexibility index (Phi) is 6.06. The van der Waals surface area contributed by atoms with Crippen molar-refractivity contribution in [1.82, 2.24) is 24.6 Å². The Hall–Kier alpha value is -2.93. The summed E-state index contributed by atoms with van der Waals surface area (Å²) in [7, 11) is 1.64. The van der Waals surface area contributed by atoms with Crippen LogP contribution < -0.4 is 10.5 Å². The van der Waals surface area contributed by atoms with Crippen LogP contribution >= 0.6 is 11.6 Å². The van der Waals surface area contributed by atoms with E-state index in [9.17, 15) is 5.26 Å². The van der Waals surface area contributed by atoms with Crippen LogP contribution in [0.15, 0.2) is 12.4 Å². The molecule has 2 aliphatic rings. The molecule has 2 fully saturated rings. The van der Waals surface area contributed by atoms with E-state index < -0.39 is 0 Å². The molecule has 0 radical (unpaired) electrons. The fourth-order valence-corrected chi connectivity index (χ4v) is 5.54. The fourth-order valence-electron chi connectivity index (χ4n) is 5.28. The molecule has 2 saturated heterocycles. The predicted molar refractivity (Wildman–Crippen MR) is 129 cm³/mol. The van der Waals surface area contributed by atoms with Crippen LogP contribution in [0.25, 0.3) is 11.0 Å². The van der Waals surface area contributed by atoms with Gasteiger partial charge in [-0.3, -0.25) is 0 Å². The monoisotopic (exact) mass is 481 g/mol. The van der Waals surface area contributed by atoms with E-state index in [4.69, 9.17) is 31.9 Å². The molecule has 0 saturated carbocycles. The van der Waals surface area contributed by atoms with E-state index in [0.29, 0.717) is 33.7 Å². The van der Waals surface area contributed by atoms with E-state index in [1.807, 2.05) is 24.6 Å². The van der Waals surface area contributed by atoms with E-state index in [1.165, 1.54) is 6.33 Å². The number of hydrogen-bond donors (Lipinski definition) is 1. The first-order valence-corrected chi connectivity index (χ1v) is 11.9. The summed E-state index contributed by atoms with van der Waals surface area (Å²) in [6.07, 6.45) is 2.55. The molecule has 0 spiro atoms. The molecule has 178 valence electrons. The summed E-state index contributed by atoms with van der Waals surface area (Å²) in [6, 6.07) is 3.87. The van der Waals surface area contributed by atoms with Crippen LogP contribution in [-0.2, 0) is 4.74 Å². The van der Waals surface area contributed by atoms with Crippen LogP contribution in [0.3, 0.4) is 0 Å². The molecule has 0 aliphatic carbocycles. The minimum Gasteiger partial charge on any atom is -0.496 e. The number of anilines is 1. The molecule has 1 aromatic carbocycles. The number of fused-ring (bicyclic) bond motifs is 1. The second kappa shape index (κ2) is 9.02. The summed E-state index contributed by atoms with van der Waals surface area (Å²) in [4.78, 5) is 10.9. The highest BCUT2D eigenvalue weighted by molar-refractivity contribution is 6.32. The van der Waals surface area contributed by atoms with Gasteiger partial charge in [-0.15, -0.1) is 0 Å². The second-order valence-corrected chi connectivity index (χ2v) is 9.60. The van der Waals surface area contributed by atoms with Gasteiger partial charge in [0, 0.05) is 43.3 Å². The second-order valence-electron chi connectivity index (χ2n) is 9.19. The van der Waals surface area contributed by atoms with Gasteiger partial charge in [-0.2, -0.15) is 10.4 Å². The summed E-state index contributed by atoms with van der Waals surface area (Å²) in [5.41, 5.74) is 9.70. The van der Waals surface area contributed by atoms with Crippen molar-refractivity contribution >= 4 is 28.5 Å². The first-order valence-electron chi connectivity index (χ1n) is 11.5. The predicted octanol–water partition coefficient (Wildman–Crippen LogP) is 3.30. The zero-order chi connectivity index (χ0) is 24.0. The minimum atomic E-state index is -0.253. The third kappa shape index (κ3) is 3.76. The van der Waals surface area contributed by atoms with Gasteiger partial charge in [0.2, 0.25) is 0 Å². The number of methoxy groups -OCH3 is 1. The van der Waals surface area contributed by atoms with Gasteiger partial charge < -0.3 is 20.1 Å². The molecule has 3 aromatic rings. The molecule has 9 nitrogen and oxygen atoms in total. The number of benzene rings is 1. The maximum atomic E-state index is 9.94. The SMILES string of the molecule is COc1c(C(C)n2nc(C)c3c(N)ncnc32)cc(Cl)c(C#N)c1C1CN(CC2CCOC2)C1. The smallest absolute Gasteiger partial charge is 0.164 e. The van der Waals surface area contributed by atoms with Gasteiger partial charge in [0.1, 0.15) is 24.0 Å². The van der Waals surface area contributed by atoms with Crippen LogP contribution in [0.2, 0.25) is 5.02 Å². The number of nitriles is 1. The molecule has 2 unspecified atom stereocenters. The number of aromatic nitrogens is 4. The molecule has 5 rings (SSSR count). The van der Waals surface area contributed by atoms with Gasteiger partial charge >= 0.3 is 0 Å². The van der Waals surface area contributed by atoms with Crippen molar-refractivity contribution in [3.8, 4) is 11.8 Å². The average Bonchev–Trinajstić information content (AvgIpc) is 3.43. The van der Waals surface area contributed by atoms with Gasteiger partial charge in [-0.1, -0.05) is 11.6 Å². The number of ether oxygens (including phenoxy) is 2. The van der Waals surface area contributed by atoms with Crippen LogP contribution in [0.4, 0.5) is 5.82 Å². The fraction of sp³-hybridized carbons (Fsp3) is 0.500. The number of nitrogen functional groups attached to an aromatic ring is 1. The Labute approximate surface area is 203 Å². The number of halogens is 1. The summed E-state index contributed by atoms with van der Waals surface area (Å²) >= 11 is 6.66. The lowest BCUT2D eigenvalue weighted by molar-refractivity contribution is 0.111. The Balaban J connectivity index is 1.52. The van der Waals surface area contributed by atoms with Gasteiger partial charge in [-0.25, -0.2) is 14.6 Å². The first kappa shape index (κ1) is 22.8. The highest BCUT2D eigenvalue weighted by atomic mass is 35.5. The normalized spacial score (nSPS) is 19.8. The van der Waals surface area contributed by atoms with Crippen molar-refractivity contribution in [3.63, 3.8) is 0 Å². The lowest BCUT2D eigenvalue weighted by Gasteiger charge is -2.42. The van der Waals surface area contributed by atoms with Crippen molar-refractivity contribution in [2.75, 3.05) is 45.7 Å². The first-order chi connectivity index (χ1) is 16.4. The lowest BCUT2D eigenvalue weighted by atomic mass is 9.84. The zero-order valence-corrected chi connectivity index (χ0v) is 20.3. The van der Waals surface area contributed by atoms with Crippen LogP contribution in [0.5, 0.6) is 5.75 Å². The van der Waals surface area contributed by atoms with E-state index in [1.54, 1.807) is 7.11 Å². The summed E-state index contributed by atoms with van der Waals surface area (Å²) in [6.45, 7) is 8.33. The van der Waals surface area contributed by atoms with E-state index in [-0.39, 0.29) is 12.0 Å². The highest BCUT2D eigenvalue weighted by Crippen LogP contribution is 2.44. The van der Waals surface area contributed by atoms with Crippen molar-refractivity contribution in [2.24, 2.45) is 5.92 Å². The largest absolute Gasteiger partial charge is 0.496 e. The molecule has 0 amide bonds. The van der Waals surface area contributed by atoms with Gasteiger partial charge in [-0.05, 0) is 32.3 Å². The Morgan fingerprint density at radius 2 is 2.18 bits per heavy atom. The van der Waals surface area contributed by atoms with Gasteiger partial charge in [0.25, 0.3) is 0 Å². The van der Waals surface area contributed by atoms with Crippen molar-refractivity contribution in [1.29, 1.82) is 5.26 Å². The Morgan fingerprint density at radius 1 is 1.38 bits per heavy atom. The maximum Gasteiger partial charge on any atom is 0.164 e. The Bertz CT molecular complexity index is 1270. The minimum absolute atomic E-state index is 0.172. The average molecular weight is 482 g/mol. The molecule has 10 heteroatoms. The third-order valence-corrected chi connectivity index (χ3v) is 7.33. The molecule has 2 aliphatic heterocycles. The summed E-state index contributed by atoms with van der Waals surface area (Å²) in [5, 5.41) is 15.8. The molecule has 34 heavy (non-hydrogen) atoms. The number of nitrogens with two attached hydrogens (primary N) is 1. The molecule has 0 bridgehead atoms. The van der Waals surface area contributed by atoms with E-state index in [2.05, 4.69) is 20.9 Å². The van der Waals surface area contributed by atoms with Crippen LogP contribution in [0.1, 0.15) is 47.7 Å². The molecule has 2 N–H and O–H groups in total. The number of aryl methyl sites for hydroxylation is 1. The number of rotatable bonds is 6. The Morgan fingerprint density at radius 3 is 2.85 bits per heavy atom. The van der Waals surface area contributed by atoms with Gasteiger partial charge in [0.05, 0.1) is 41.4 Å². The van der Waals surface area contributed by atoms with E-state index >= 15 is 0 Å². The molecular weight excluding hydrogens is 454 g/mol. The topological polar surface area (TPSA) is 115 Å². The highest BCUT2D eigenvalue weighted by Gasteiger charge is 2.36. The molecule has 2 aromatic heterocycles. The summed E-state index contributed by atoms with van der Waals surface area (Å²) in [5.74, 6) is 1.84. The van der Waals surface area contributed by atoms with Crippen molar-refractivity contribution < 1.29 is 9.47 Å². The number of nitrogens with zero attached hydrogens (tertiary/aromatic N) is 6. The number of hydrogen-bond acceptors (Lipinski definition) is 8. The third-order valence-electron chi connectivity index (χ3n) is 7.03. The summed E-state index contributed by atoms with van der Waals surface area (Å²) < 4.78 is 13.3. The quantitative estimate of drug-likeness (QED) is 0.570. The zero-order valence-electron chi connectivity index (χ0n) is 19.6. The lowest BCUT2D eigenvalue weighted by Crippen LogP contribution is -2.47. The standard InChI is InChI=1S/C24H28ClN7O2/c1-13-20-23(27)28-12-29-24(20)32(30-13)14(2)17-6-19(25)18(7-26)21(22(17)33-3)16-9-31(10-16)8-15-4-5-34-11-15/h6,12,14-16H,4-5,8-11H2,1-3H3,(H2,27,28,29). The maximum absolute atomic E-state index is 9.94. The molecular formula is C24H28ClN7O2. The van der Waals surface area contributed by atoms with E-state index in [0.717, 1.165) is 61.5 Å². The molecule has 2 atom stereocenters. The molecule has 4 heterocycles. The van der Waals surface area contributed by atoms with Crippen molar-refractivity contribution in [3.05, 3.63) is 39.8 Å².